The molecule has 0 unspecified atom stereocenters. The molecule has 1 aromatic rings. The Hall–Kier alpha value is -2.22. The van der Waals surface area contributed by atoms with E-state index in [4.69, 9.17) is 4.74 Å². The van der Waals surface area contributed by atoms with E-state index in [2.05, 4.69) is 29.8 Å². The van der Waals surface area contributed by atoms with Crippen LogP contribution in [0.15, 0.2) is 30.3 Å². The Morgan fingerprint density at radius 1 is 0.566 bits per heavy atom. The van der Waals surface area contributed by atoms with Gasteiger partial charge in [-0.15, -0.1) is 0 Å². The lowest BCUT2D eigenvalue weighted by molar-refractivity contribution is -0.148. The molecule has 0 aliphatic carbocycles. The van der Waals surface area contributed by atoms with Crippen LogP contribution in [-0.4, -0.2) is 48.5 Å². The van der Waals surface area contributed by atoms with Crippen LogP contribution in [0.25, 0.3) is 0 Å². The fraction of sp³-hybridized carbons (Fsp3) is 0.800. The third kappa shape index (κ3) is 32.9. The molecule has 3 N–H and O–H groups in total. The van der Waals surface area contributed by atoms with Crippen LogP contribution in [0, 0.1) is 0 Å². The van der Waals surface area contributed by atoms with Crippen LogP contribution in [-0.2, 0) is 20.9 Å². The number of hydrogen-bond donors (Lipinski definition) is 3. The predicted molar refractivity (Wildman–Crippen MR) is 228 cm³/mol. The maximum absolute atomic E-state index is 13.0. The number of benzene rings is 1. The number of amides is 3. The number of ether oxygens (including phenoxy) is 1. The molecule has 0 fully saturated rings. The second-order valence-electron chi connectivity index (χ2n) is 15.1. The monoisotopic (exact) mass is 760 g/mol. The Bertz CT molecular complexity index is 980. The number of carbonyl (C=O) groups is 3. The van der Waals surface area contributed by atoms with Gasteiger partial charge in [-0.2, -0.15) is 11.8 Å². The summed E-state index contributed by atoms with van der Waals surface area (Å²) in [5.41, 5.74) is 0.912. The zero-order chi connectivity index (χ0) is 38.3. The number of thioether (sulfide) groups is 1. The van der Waals surface area contributed by atoms with Crippen molar-refractivity contribution in [3.05, 3.63) is 35.9 Å². The normalized spacial score (nSPS) is 11.7. The molecule has 1 atom stereocenters. The summed E-state index contributed by atoms with van der Waals surface area (Å²) in [5, 5.41) is 8.81. The Balaban J connectivity index is 2.16. The molecule has 53 heavy (non-hydrogen) atoms. The van der Waals surface area contributed by atoms with Crippen molar-refractivity contribution >= 4 is 29.7 Å². The first-order valence-electron chi connectivity index (χ1n) is 22.2. The Morgan fingerprint density at radius 3 is 1.49 bits per heavy atom. The molecule has 3 amide bonds. The highest BCUT2D eigenvalue weighted by molar-refractivity contribution is 7.99. The summed E-state index contributed by atoms with van der Waals surface area (Å²) in [7, 11) is 0. The molecular formula is C45H81N3O4S. The van der Waals surface area contributed by atoms with Gasteiger partial charge in [-0.1, -0.05) is 205 Å². The van der Waals surface area contributed by atoms with Crippen molar-refractivity contribution in [1.29, 1.82) is 0 Å². The van der Waals surface area contributed by atoms with Crippen LogP contribution in [0.4, 0.5) is 4.79 Å². The second kappa shape index (κ2) is 38.1. The molecule has 0 saturated heterocycles. The molecule has 0 spiro atoms. The molecular weight excluding hydrogens is 679 g/mol. The van der Waals surface area contributed by atoms with Crippen molar-refractivity contribution < 1.29 is 19.1 Å². The molecule has 0 bridgehead atoms. The second-order valence-corrected chi connectivity index (χ2v) is 16.2. The Morgan fingerprint density at radius 2 is 1.00 bits per heavy atom. The lowest BCUT2D eigenvalue weighted by Crippen LogP contribution is -2.44. The van der Waals surface area contributed by atoms with Crippen LogP contribution in [0.5, 0.6) is 0 Å². The molecule has 7 nitrogen and oxygen atoms in total. The van der Waals surface area contributed by atoms with E-state index in [0.29, 0.717) is 31.0 Å². The molecule has 0 heterocycles. The maximum atomic E-state index is 13.0. The van der Waals surface area contributed by atoms with Crippen LogP contribution >= 0.6 is 11.8 Å². The molecule has 0 saturated carbocycles. The highest BCUT2D eigenvalue weighted by Crippen LogP contribution is 2.15. The van der Waals surface area contributed by atoms with E-state index in [0.717, 1.165) is 37.7 Å². The molecule has 1 rings (SSSR count). The summed E-state index contributed by atoms with van der Waals surface area (Å²) in [6, 6.07) is 8.72. The van der Waals surface area contributed by atoms with Gasteiger partial charge in [0.05, 0.1) is 0 Å². The number of rotatable bonds is 38. The van der Waals surface area contributed by atoms with Gasteiger partial charge in [-0.05, 0) is 18.4 Å². The van der Waals surface area contributed by atoms with Crippen molar-refractivity contribution in [2.24, 2.45) is 0 Å². The van der Waals surface area contributed by atoms with E-state index < -0.39 is 12.0 Å². The molecule has 0 radical (unpaired) electrons. The van der Waals surface area contributed by atoms with Gasteiger partial charge in [0.15, 0.2) is 0 Å². The number of esters is 1. The van der Waals surface area contributed by atoms with E-state index in [1.807, 2.05) is 30.3 Å². The van der Waals surface area contributed by atoms with E-state index in [1.165, 1.54) is 153 Å². The SMILES string of the molecule is CCCCCCCCCCCCCCCCNC(=O)NCCSC[C@H](NC(=O)CCCCCCCCCCCCCCC)C(=O)OCc1ccccc1. The molecule has 0 aliphatic heterocycles. The van der Waals surface area contributed by atoms with Crippen molar-refractivity contribution in [2.45, 2.75) is 206 Å². The third-order valence-electron chi connectivity index (χ3n) is 9.98. The number of nitrogens with one attached hydrogen (secondary N) is 3. The van der Waals surface area contributed by atoms with Crippen molar-refractivity contribution in [2.75, 3.05) is 24.6 Å². The maximum Gasteiger partial charge on any atom is 0.329 e. The highest BCUT2D eigenvalue weighted by atomic mass is 32.2. The summed E-state index contributed by atoms with van der Waals surface area (Å²) in [6.45, 7) is 5.90. The number of urea groups is 1. The average Bonchev–Trinajstić information content (AvgIpc) is 3.17. The fourth-order valence-electron chi connectivity index (χ4n) is 6.59. The summed E-state index contributed by atoms with van der Waals surface area (Å²) in [4.78, 5) is 38.1. The van der Waals surface area contributed by atoms with Gasteiger partial charge in [0.1, 0.15) is 12.6 Å². The van der Waals surface area contributed by atoms with Crippen LogP contribution in [0.2, 0.25) is 0 Å². The van der Waals surface area contributed by atoms with Crippen LogP contribution in [0.1, 0.15) is 199 Å². The van der Waals surface area contributed by atoms with Gasteiger partial charge in [0.2, 0.25) is 5.91 Å². The topological polar surface area (TPSA) is 96.5 Å². The van der Waals surface area contributed by atoms with Crippen LogP contribution < -0.4 is 16.0 Å². The lowest BCUT2D eigenvalue weighted by atomic mass is 10.0. The molecule has 0 aromatic heterocycles. The predicted octanol–water partition coefficient (Wildman–Crippen LogP) is 12.2. The molecule has 8 heteroatoms. The third-order valence-corrected chi connectivity index (χ3v) is 11.0. The fourth-order valence-corrected chi connectivity index (χ4v) is 7.46. The zero-order valence-electron chi connectivity index (χ0n) is 34.3. The molecule has 0 aliphatic rings. The van der Waals surface area contributed by atoms with E-state index >= 15 is 0 Å². The molecule has 1 aromatic carbocycles. The minimum atomic E-state index is -0.715. The average molecular weight is 760 g/mol. The van der Waals surface area contributed by atoms with E-state index in [1.54, 1.807) is 0 Å². The van der Waals surface area contributed by atoms with Crippen molar-refractivity contribution in [3.8, 4) is 0 Å². The van der Waals surface area contributed by atoms with Gasteiger partial charge in [-0.25, -0.2) is 9.59 Å². The van der Waals surface area contributed by atoms with E-state index in [9.17, 15) is 14.4 Å². The summed E-state index contributed by atoms with van der Waals surface area (Å²) >= 11 is 1.53. The summed E-state index contributed by atoms with van der Waals surface area (Å²) in [6.07, 6.45) is 35.3. The lowest BCUT2D eigenvalue weighted by Gasteiger charge is -2.18. The van der Waals surface area contributed by atoms with Gasteiger partial charge < -0.3 is 20.7 Å². The summed E-state index contributed by atoms with van der Waals surface area (Å²) in [5.74, 6) is 0.527. The van der Waals surface area contributed by atoms with Crippen molar-refractivity contribution in [3.63, 3.8) is 0 Å². The highest BCUT2D eigenvalue weighted by Gasteiger charge is 2.22. The van der Waals surface area contributed by atoms with Gasteiger partial charge in [0, 0.05) is 31.0 Å². The van der Waals surface area contributed by atoms with E-state index in [-0.39, 0.29) is 18.5 Å². The smallest absolute Gasteiger partial charge is 0.329 e. The summed E-state index contributed by atoms with van der Waals surface area (Å²) < 4.78 is 5.58. The van der Waals surface area contributed by atoms with Crippen molar-refractivity contribution in [1.82, 2.24) is 16.0 Å². The molecule has 306 valence electrons. The zero-order valence-corrected chi connectivity index (χ0v) is 35.2. The first-order valence-corrected chi connectivity index (χ1v) is 23.3. The number of hydrogen-bond acceptors (Lipinski definition) is 5. The quantitative estimate of drug-likeness (QED) is 0.0461. The van der Waals surface area contributed by atoms with Gasteiger partial charge in [-0.3, -0.25) is 4.79 Å². The number of unbranched alkanes of at least 4 members (excludes halogenated alkanes) is 25. The minimum Gasteiger partial charge on any atom is -0.459 e. The van der Waals surface area contributed by atoms with Crippen LogP contribution in [0.3, 0.4) is 0 Å². The first-order chi connectivity index (χ1) is 26.1. The van der Waals surface area contributed by atoms with Gasteiger partial charge in [0.25, 0.3) is 0 Å². The Kier molecular flexibility index (Phi) is 35.1. The standard InChI is InChI=1S/C45H81N3O4S/c1-3-5-7-9-11-13-15-17-19-21-23-25-27-32-36-46-45(51)47-37-38-53-40-42(44(50)52-39-41-33-29-28-30-34-41)48-43(49)35-31-26-24-22-20-18-16-14-12-10-8-6-4-2/h28-30,33-34,42H,3-27,31-32,35-40H2,1-2H3,(H,48,49)(H2,46,47,51)/t42-/m0/s1. The Labute approximate surface area is 330 Å². The first kappa shape index (κ1) is 48.8. The minimum absolute atomic E-state index is 0.101. The van der Waals surface area contributed by atoms with Gasteiger partial charge >= 0.3 is 12.0 Å². The largest absolute Gasteiger partial charge is 0.459 e. The number of carbonyl (C=O) groups excluding carboxylic acids is 3.